The average Bonchev–Trinajstić information content (AvgIpc) is 2.98. The summed E-state index contributed by atoms with van der Waals surface area (Å²) in [4.78, 5) is 22.8. The number of fused-ring (bicyclic) bond motifs is 2. The predicted octanol–water partition coefficient (Wildman–Crippen LogP) is 4.51. The van der Waals surface area contributed by atoms with Crippen LogP contribution in [0.1, 0.15) is 30.0 Å². The van der Waals surface area contributed by atoms with E-state index in [2.05, 4.69) is 30.3 Å². The third-order valence-corrected chi connectivity index (χ3v) is 5.30. The van der Waals surface area contributed by atoms with Crippen molar-refractivity contribution in [1.82, 2.24) is 0 Å². The maximum absolute atomic E-state index is 11.8. The van der Waals surface area contributed by atoms with E-state index in [-0.39, 0.29) is 6.42 Å². The molecule has 1 aliphatic rings. The van der Waals surface area contributed by atoms with E-state index < -0.39 is 18.5 Å². The Morgan fingerprint density at radius 1 is 1.03 bits per heavy atom. The second-order valence-electron chi connectivity index (χ2n) is 7.23. The first-order valence-corrected chi connectivity index (χ1v) is 9.62. The van der Waals surface area contributed by atoms with Crippen molar-refractivity contribution in [2.75, 3.05) is 6.61 Å². The second kappa shape index (κ2) is 7.87. The van der Waals surface area contributed by atoms with Crippen LogP contribution in [-0.2, 0) is 9.59 Å². The standard InChI is InChI=1S/C25H21NO4/c1-15-20(12-17-8-4-7-16-6-2-3-9-18(16)17)19-10-5-11-22(30-14-24(28)29)25(19)21(15)13-23(26)27/h2-12H,13-14H2,1H3,(H2,26,27)(H,28,29)/b20-12-. The molecule has 0 bridgehead atoms. The van der Waals surface area contributed by atoms with Gasteiger partial charge in [0.25, 0.3) is 0 Å². The summed E-state index contributed by atoms with van der Waals surface area (Å²) in [6, 6.07) is 19.8. The number of amides is 1. The molecular formula is C25H21NO4. The summed E-state index contributed by atoms with van der Waals surface area (Å²) < 4.78 is 5.53. The number of carbonyl (C=O) groups is 2. The fourth-order valence-corrected chi connectivity index (χ4v) is 3.99. The number of carboxylic acids is 1. The van der Waals surface area contributed by atoms with Gasteiger partial charge in [-0.1, -0.05) is 54.6 Å². The highest BCUT2D eigenvalue weighted by Gasteiger charge is 2.28. The number of nitrogens with two attached hydrogens (primary N) is 1. The lowest BCUT2D eigenvalue weighted by molar-refractivity contribution is -0.139. The van der Waals surface area contributed by atoms with Gasteiger partial charge in [-0.3, -0.25) is 4.79 Å². The minimum Gasteiger partial charge on any atom is -0.481 e. The molecule has 0 aliphatic heterocycles. The number of ether oxygens (including phenoxy) is 1. The smallest absolute Gasteiger partial charge is 0.341 e. The Morgan fingerprint density at radius 2 is 1.77 bits per heavy atom. The molecule has 3 aromatic carbocycles. The number of rotatable bonds is 6. The number of primary amides is 1. The van der Waals surface area contributed by atoms with Crippen LogP contribution in [0.2, 0.25) is 0 Å². The highest BCUT2D eigenvalue weighted by Crippen LogP contribution is 2.47. The Bertz CT molecular complexity index is 1230. The Hall–Kier alpha value is -3.86. The fourth-order valence-electron chi connectivity index (χ4n) is 3.99. The van der Waals surface area contributed by atoms with Gasteiger partial charge < -0.3 is 15.6 Å². The van der Waals surface area contributed by atoms with Crippen molar-refractivity contribution in [2.45, 2.75) is 13.3 Å². The first kappa shape index (κ1) is 19.5. The van der Waals surface area contributed by atoms with Gasteiger partial charge in [0, 0.05) is 5.56 Å². The van der Waals surface area contributed by atoms with Gasteiger partial charge in [0.2, 0.25) is 5.91 Å². The molecule has 4 rings (SSSR count). The summed E-state index contributed by atoms with van der Waals surface area (Å²) in [5.41, 5.74) is 10.9. The molecule has 0 saturated heterocycles. The molecule has 0 fully saturated rings. The van der Waals surface area contributed by atoms with Crippen molar-refractivity contribution in [3.05, 3.63) is 82.9 Å². The number of aliphatic carboxylic acids is 1. The Morgan fingerprint density at radius 3 is 2.53 bits per heavy atom. The van der Waals surface area contributed by atoms with Crippen LogP contribution < -0.4 is 10.5 Å². The lowest BCUT2D eigenvalue weighted by Gasteiger charge is -2.12. The highest BCUT2D eigenvalue weighted by molar-refractivity contribution is 6.10. The van der Waals surface area contributed by atoms with Crippen molar-refractivity contribution in [2.24, 2.45) is 5.73 Å². The monoisotopic (exact) mass is 399 g/mol. The average molecular weight is 399 g/mol. The molecule has 3 N–H and O–H groups in total. The molecule has 150 valence electrons. The Labute approximate surface area is 174 Å². The first-order chi connectivity index (χ1) is 14.5. The number of carbonyl (C=O) groups excluding carboxylic acids is 1. The normalized spacial score (nSPS) is 14.2. The Balaban J connectivity index is 1.91. The summed E-state index contributed by atoms with van der Waals surface area (Å²) in [5.74, 6) is -1.07. The zero-order valence-electron chi connectivity index (χ0n) is 16.5. The van der Waals surface area contributed by atoms with Crippen LogP contribution in [0.15, 0.2) is 66.2 Å². The van der Waals surface area contributed by atoms with Gasteiger partial charge in [-0.25, -0.2) is 4.79 Å². The quantitative estimate of drug-likeness (QED) is 0.638. The van der Waals surface area contributed by atoms with E-state index >= 15 is 0 Å². The molecule has 0 saturated carbocycles. The van der Waals surface area contributed by atoms with Gasteiger partial charge in [0.1, 0.15) is 5.75 Å². The molecule has 5 nitrogen and oxygen atoms in total. The summed E-state index contributed by atoms with van der Waals surface area (Å²) in [7, 11) is 0. The third-order valence-electron chi connectivity index (χ3n) is 5.30. The molecule has 0 atom stereocenters. The van der Waals surface area contributed by atoms with E-state index in [1.165, 1.54) is 0 Å². The van der Waals surface area contributed by atoms with Crippen molar-refractivity contribution >= 4 is 39.9 Å². The topological polar surface area (TPSA) is 89.6 Å². The van der Waals surface area contributed by atoms with E-state index in [1.807, 2.05) is 37.3 Å². The van der Waals surface area contributed by atoms with E-state index in [1.54, 1.807) is 6.07 Å². The van der Waals surface area contributed by atoms with Crippen molar-refractivity contribution in [1.29, 1.82) is 0 Å². The molecule has 1 amide bonds. The van der Waals surface area contributed by atoms with Gasteiger partial charge >= 0.3 is 5.97 Å². The molecule has 1 aliphatic carbocycles. The molecule has 0 radical (unpaired) electrons. The van der Waals surface area contributed by atoms with Crippen LogP contribution in [0.3, 0.4) is 0 Å². The highest BCUT2D eigenvalue weighted by atomic mass is 16.5. The zero-order valence-corrected chi connectivity index (χ0v) is 16.5. The van der Waals surface area contributed by atoms with Gasteiger partial charge in [0.15, 0.2) is 6.61 Å². The molecule has 0 unspecified atom stereocenters. The molecule has 5 heteroatoms. The van der Waals surface area contributed by atoms with Crippen LogP contribution >= 0.6 is 0 Å². The first-order valence-electron chi connectivity index (χ1n) is 9.62. The van der Waals surface area contributed by atoms with Gasteiger partial charge in [-0.2, -0.15) is 0 Å². The van der Waals surface area contributed by atoms with E-state index in [0.29, 0.717) is 5.75 Å². The zero-order chi connectivity index (χ0) is 21.3. The van der Waals surface area contributed by atoms with Crippen molar-refractivity contribution < 1.29 is 19.4 Å². The number of hydrogen-bond acceptors (Lipinski definition) is 3. The van der Waals surface area contributed by atoms with Crippen LogP contribution in [-0.4, -0.2) is 23.6 Å². The van der Waals surface area contributed by atoms with Crippen LogP contribution in [0, 0.1) is 0 Å². The predicted molar refractivity (Wildman–Crippen MR) is 118 cm³/mol. The third kappa shape index (κ3) is 3.57. The SMILES string of the molecule is CC1=C(CC(N)=O)c2c(OCC(=O)O)cccc2/C1=C\c1cccc2ccccc12. The van der Waals surface area contributed by atoms with Crippen molar-refractivity contribution in [3.63, 3.8) is 0 Å². The maximum Gasteiger partial charge on any atom is 0.341 e. The molecule has 30 heavy (non-hydrogen) atoms. The molecule has 0 spiro atoms. The lowest BCUT2D eigenvalue weighted by Crippen LogP contribution is -2.13. The van der Waals surface area contributed by atoms with Crippen LogP contribution in [0.25, 0.3) is 28.0 Å². The van der Waals surface area contributed by atoms with Gasteiger partial charge in [-0.05, 0) is 57.7 Å². The summed E-state index contributed by atoms with van der Waals surface area (Å²) >= 11 is 0. The second-order valence-corrected chi connectivity index (χ2v) is 7.23. The minimum absolute atomic E-state index is 0.0547. The van der Waals surface area contributed by atoms with Gasteiger partial charge in [0.05, 0.1) is 6.42 Å². The number of allylic oxidation sites excluding steroid dienone is 2. The van der Waals surface area contributed by atoms with E-state index in [4.69, 9.17) is 15.6 Å². The van der Waals surface area contributed by atoms with Crippen LogP contribution in [0.5, 0.6) is 5.75 Å². The molecular weight excluding hydrogens is 378 g/mol. The minimum atomic E-state index is -1.06. The molecule has 0 heterocycles. The van der Waals surface area contributed by atoms with Gasteiger partial charge in [-0.15, -0.1) is 0 Å². The number of carboxylic acid groups (broad SMARTS) is 1. The van der Waals surface area contributed by atoms with Crippen LogP contribution in [0.4, 0.5) is 0 Å². The fraction of sp³-hybridized carbons (Fsp3) is 0.120. The summed E-state index contributed by atoms with van der Waals surface area (Å²) in [6.07, 6.45) is 2.16. The summed E-state index contributed by atoms with van der Waals surface area (Å²) in [6.45, 7) is 1.50. The van der Waals surface area contributed by atoms with Crippen molar-refractivity contribution in [3.8, 4) is 5.75 Å². The largest absolute Gasteiger partial charge is 0.481 e. The van der Waals surface area contributed by atoms with E-state index in [9.17, 15) is 9.59 Å². The Kier molecular flexibility index (Phi) is 5.11. The summed E-state index contributed by atoms with van der Waals surface area (Å²) in [5, 5.41) is 11.3. The lowest BCUT2D eigenvalue weighted by atomic mass is 9.97. The maximum atomic E-state index is 11.8. The van der Waals surface area contributed by atoms with E-state index in [0.717, 1.165) is 44.2 Å². The number of hydrogen-bond donors (Lipinski definition) is 2. The molecule has 0 aromatic heterocycles. The molecule has 3 aromatic rings. The number of benzene rings is 3.